The third-order valence-electron chi connectivity index (χ3n) is 4.01. The summed E-state index contributed by atoms with van der Waals surface area (Å²) >= 11 is 1.55. The molecule has 1 aliphatic rings. The van der Waals surface area contributed by atoms with Crippen LogP contribution in [0.25, 0.3) is 6.08 Å². The molecule has 1 saturated heterocycles. The summed E-state index contributed by atoms with van der Waals surface area (Å²) in [6.07, 6.45) is 6.37. The first kappa shape index (κ1) is 16.7. The maximum atomic E-state index is 12.2. The lowest BCUT2D eigenvalue weighted by Gasteiger charge is -2.32. The summed E-state index contributed by atoms with van der Waals surface area (Å²) in [4.78, 5) is 19.5. The van der Waals surface area contributed by atoms with Gasteiger partial charge in [-0.2, -0.15) is 0 Å². The highest BCUT2D eigenvalue weighted by molar-refractivity contribution is 7.12. The van der Waals surface area contributed by atoms with Crippen molar-refractivity contribution in [2.24, 2.45) is 0 Å². The maximum absolute atomic E-state index is 12.2. The third kappa shape index (κ3) is 4.21. The van der Waals surface area contributed by atoms with Gasteiger partial charge in [-0.1, -0.05) is 12.1 Å². The molecule has 0 aliphatic carbocycles. The molecule has 0 unspecified atom stereocenters. The van der Waals surface area contributed by atoms with Gasteiger partial charge in [0.05, 0.1) is 22.5 Å². The number of amides is 1. The standard InChI is InChI=1S/C18H21N3O2S/c1-13-19-12-15(24-13)6-7-18(23)20-16-4-2-3-5-17(16)21-10-8-14(22)9-11-21/h2-7,12,14,22H,8-11H2,1H3,(H,20,23)/b7-6+. The second-order valence-electron chi connectivity index (χ2n) is 5.84. The van der Waals surface area contributed by atoms with Crippen molar-refractivity contribution >= 4 is 34.7 Å². The number of nitrogens with one attached hydrogen (secondary N) is 1. The Bertz CT molecular complexity index is 733. The van der Waals surface area contributed by atoms with Gasteiger partial charge in [0.1, 0.15) is 0 Å². The first-order valence-electron chi connectivity index (χ1n) is 8.05. The number of aliphatic hydroxyl groups is 1. The molecule has 5 nitrogen and oxygen atoms in total. The molecule has 3 rings (SSSR count). The average molecular weight is 343 g/mol. The molecule has 0 spiro atoms. The minimum atomic E-state index is -0.214. The van der Waals surface area contributed by atoms with Crippen molar-refractivity contribution in [3.8, 4) is 0 Å². The number of rotatable bonds is 4. The molecule has 2 N–H and O–H groups in total. The van der Waals surface area contributed by atoms with E-state index in [0.717, 1.165) is 47.2 Å². The van der Waals surface area contributed by atoms with Crippen LogP contribution >= 0.6 is 11.3 Å². The Hall–Kier alpha value is -2.18. The van der Waals surface area contributed by atoms with E-state index in [-0.39, 0.29) is 12.0 Å². The van der Waals surface area contributed by atoms with Crippen molar-refractivity contribution in [1.82, 2.24) is 4.98 Å². The summed E-state index contributed by atoms with van der Waals surface area (Å²) in [5.41, 5.74) is 1.80. The number of aryl methyl sites for hydroxylation is 1. The number of nitrogens with zero attached hydrogens (tertiary/aromatic N) is 2. The number of piperidine rings is 1. The first-order valence-corrected chi connectivity index (χ1v) is 8.87. The molecular formula is C18H21N3O2S. The predicted molar refractivity (Wildman–Crippen MR) is 98.4 cm³/mol. The number of carbonyl (C=O) groups is 1. The lowest BCUT2D eigenvalue weighted by atomic mass is 10.1. The molecule has 1 aliphatic heterocycles. The molecule has 0 saturated carbocycles. The zero-order chi connectivity index (χ0) is 16.9. The van der Waals surface area contributed by atoms with Gasteiger partial charge in [0, 0.05) is 30.2 Å². The van der Waals surface area contributed by atoms with E-state index in [9.17, 15) is 9.90 Å². The Labute approximate surface area is 145 Å². The second-order valence-corrected chi connectivity index (χ2v) is 7.11. The Morgan fingerprint density at radius 3 is 2.83 bits per heavy atom. The SMILES string of the molecule is Cc1ncc(/C=C/C(=O)Nc2ccccc2N2CCC(O)CC2)s1. The predicted octanol–water partition coefficient (Wildman–Crippen LogP) is 3.06. The zero-order valence-corrected chi connectivity index (χ0v) is 14.4. The molecule has 24 heavy (non-hydrogen) atoms. The molecule has 126 valence electrons. The van der Waals surface area contributed by atoms with E-state index in [4.69, 9.17) is 0 Å². The first-order chi connectivity index (χ1) is 11.6. The summed E-state index contributed by atoms with van der Waals surface area (Å²) in [6, 6.07) is 7.78. The van der Waals surface area contributed by atoms with Crippen LogP contribution in [-0.2, 0) is 4.79 Å². The number of aliphatic hydroxyl groups excluding tert-OH is 1. The molecule has 6 heteroatoms. The van der Waals surface area contributed by atoms with Crippen LogP contribution in [0.3, 0.4) is 0 Å². The molecule has 0 radical (unpaired) electrons. The highest BCUT2D eigenvalue weighted by Gasteiger charge is 2.19. The fourth-order valence-corrected chi connectivity index (χ4v) is 3.44. The molecule has 0 atom stereocenters. The zero-order valence-electron chi connectivity index (χ0n) is 13.6. The van der Waals surface area contributed by atoms with Gasteiger partial charge in [-0.05, 0) is 38.0 Å². The second kappa shape index (κ2) is 7.59. The van der Waals surface area contributed by atoms with Crippen LogP contribution in [0.5, 0.6) is 0 Å². The molecule has 1 amide bonds. The monoisotopic (exact) mass is 343 g/mol. The minimum Gasteiger partial charge on any atom is -0.393 e. The van der Waals surface area contributed by atoms with Crippen LogP contribution in [0.2, 0.25) is 0 Å². The quantitative estimate of drug-likeness (QED) is 0.838. The van der Waals surface area contributed by atoms with E-state index in [1.807, 2.05) is 31.2 Å². The molecule has 0 bridgehead atoms. The number of benzene rings is 1. The topological polar surface area (TPSA) is 65.5 Å². The van der Waals surface area contributed by atoms with E-state index < -0.39 is 0 Å². The summed E-state index contributed by atoms with van der Waals surface area (Å²) in [5, 5.41) is 13.6. The van der Waals surface area contributed by atoms with Crippen LogP contribution in [-0.4, -0.2) is 35.2 Å². The van der Waals surface area contributed by atoms with Gasteiger partial charge in [0.15, 0.2) is 0 Å². The van der Waals surface area contributed by atoms with Gasteiger partial charge in [0.25, 0.3) is 0 Å². The van der Waals surface area contributed by atoms with Gasteiger partial charge in [0.2, 0.25) is 5.91 Å². The lowest BCUT2D eigenvalue weighted by molar-refractivity contribution is -0.111. The number of para-hydroxylation sites is 2. The number of thiazole rings is 1. The maximum Gasteiger partial charge on any atom is 0.248 e. The van der Waals surface area contributed by atoms with Crippen molar-refractivity contribution in [1.29, 1.82) is 0 Å². The van der Waals surface area contributed by atoms with Gasteiger partial charge >= 0.3 is 0 Å². The van der Waals surface area contributed by atoms with E-state index in [0.29, 0.717) is 0 Å². The Morgan fingerprint density at radius 2 is 2.12 bits per heavy atom. The van der Waals surface area contributed by atoms with Crippen LogP contribution in [0, 0.1) is 6.92 Å². The van der Waals surface area contributed by atoms with E-state index in [1.165, 1.54) is 6.08 Å². The molecule has 1 aromatic carbocycles. The fourth-order valence-electron chi connectivity index (χ4n) is 2.75. The Morgan fingerprint density at radius 1 is 1.38 bits per heavy atom. The molecular weight excluding hydrogens is 322 g/mol. The Balaban J connectivity index is 1.68. The third-order valence-corrected chi connectivity index (χ3v) is 4.88. The van der Waals surface area contributed by atoms with Gasteiger partial charge in [-0.3, -0.25) is 4.79 Å². The van der Waals surface area contributed by atoms with E-state index in [2.05, 4.69) is 15.2 Å². The molecule has 1 fully saturated rings. The summed E-state index contributed by atoms with van der Waals surface area (Å²) in [6.45, 7) is 3.53. The van der Waals surface area contributed by atoms with Crippen molar-refractivity contribution in [3.63, 3.8) is 0 Å². The highest BCUT2D eigenvalue weighted by atomic mass is 32.1. The van der Waals surface area contributed by atoms with E-state index in [1.54, 1.807) is 23.6 Å². The largest absolute Gasteiger partial charge is 0.393 e. The molecule has 2 heterocycles. The van der Waals surface area contributed by atoms with Crippen molar-refractivity contribution in [2.75, 3.05) is 23.3 Å². The minimum absolute atomic E-state index is 0.162. The van der Waals surface area contributed by atoms with Crippen LogP contribution in [0.15, 0.2) is 36.5 Å². The van der Waals surface area contributed by atoms with Crippen LogP contribution in [0.1, 0.15) is 22.7 Å². The Kier molecular flexibility index (Phi) is 5.27. The van der Waals surface area contributed by atoms with Crippen molar-refractivity contribution < 1.29 is 9.90 Å². The number of anilines is 2. The number of hydrogen-bond acceptors (Lipinski definition) is 5. The molecule has 1 aromatic heterocycles. The van der Waals surface area contributed by atoms with Gasteiger partial charge < -0.3 is 15.3 Å². The van der Waals surface area contributed by atoms with Crippen molar-refractivity contribution in [3.05, 3.63) is 46.4 Å². The normalized spacial score (nSPS) is 15.8. The summed E-state index contributed by atoms with van der Waals surface area (Å²) < 4.78 is 0. The fraction of sp³-hybridized carbons (Fsp3) is 0.333. The van der Waals surface area contributed by atoms with E-state index >= 15 is 0 Å². The average Bonchev–Trinajstić information content (AvgIpc) is 3.00. The van der Waals surface area contributed by atoms with Crippen LogP contribution in [0.4, 0.5) is 11.4 Å². The highest BCUT2D eigenvalue weighted by Crippen LogP contribution is 2.28. The van der Waals surface area contributed by atoms with Crippen molar-refractivity contribution in [2.45, 2.75) is 25.9 Å². The number of aromatic nitrogens is 1. The van der Waals surface area contributed by atoms with Crippen LogP contribution < -0.4 is 10.2 Å². The molecule has 2 aromatic rings. The summed E-state index contributed by atoms with van der Waals surface area (Å²) in [5.74, 6) is -0.162. The van der Waals surface area contributed by atoms with Gasteiger partial charge in [-0.15, -0.1) is 11.3 Å². The lowest BCUT2D eigenvalue weighted by Crippen LogP contribution is -2.36. The summed E-state index contributed by atoms with van der Waals surface area (Å²) in [7, 11) is 0. The van der Waals surface area contributed by atoms with Gasteiger partial charge in [-0.25, -0.2) is 4.98 Å². The smallest absolute Gasteiger partial charge is 0.248 e. The number of carbonyl (C=O) groups excluding carboxylic acids is 1. The number of hydrogen-bond donors (Lipinski definition) is 2.